The Morgan fingerprint density at radius 2 is 0.521 bits per heavy atom. The summed E-state index contributed by atoms with van der Waals surface area (Å²) in [6.45, 7) is 0. The van der Waals surface area contributed by atoms with Crippen molar-refractivity contribution in [3.8, 4) is 22.7 Å². The van der Waals surface area contributed by atoms with Crippen molar-refractivity contribution in [1.82, 2.24) is 18.3 Å². The Kier molecular flexibility index (Phi) is 8.64. The summed E-state index contributed by atoms with van der Waals surface area (Å²) < 4.78 is 9.81. The molecule has 0 aliphatic carbocycles. The third-order valence-corrected chi connectivity index (χ3v) is 20.1. The highest BCUT2D eigenvalue weighted by atomic mass is 28.3. The van der Waals surface area contributed by atoms with Crippen molar-refractivity contribution in [2.24, 2.45) is 0 Å². The number of hydrogen-bond donors (Lipinski definition) is 0. The maximum absolute atomic E-state index is 2.96. The van der Waals surface area contributed by atoms with Crippen molar-refractivity contribution in [2.75, 3.05) is 0 Å². The van der Waals surface area contributed by atoms with Gasteiger partial charge in [0.1, 0.15) is 0 Å². The van der Waals surface area contributed by atoms with Gasteiger partial charge in [0.2, 0.25) is 0 Å². The first-order valence-electron chi connectivity index (χ1n) is 24.5. The van der Waals surface area contributed by atoms with Gasteiger partial charge in [-0.15, -0.1) is 0 Å². The molecule has 4 aromatic heterocycles. The lowest BCUT2D eigenvalue weighted by Crippen LogP contribution is -2.74. The van der Waals surface area contributed by atoms with Crippen LogP contribution in [0, 0.1) is 0 Å². The number of para-hydroxylation sites is 4. The van der Waals surface area contributed by atoms with E-state index in [2.05, 4.69) is 285 Å². The number of rotatable bonds is 8. The Bertz CT molecular complexity index is 4380. The molecule has 15 aromatic rings. The molecule has 0 atom stereocenters. The van der Waals surface area contributed by atoms with Crippen LogP contribution in [0.3, 0.4) is 0 Å². The fraction of sp³-hybridized carbons (Fsp3) is 0. The molecule has 0 spiro atoms. The Hall–Kier alpha value is -9.16. The molecule has 0 amide bonds. The first kappa shape index (κ1) is 39.8. The van der Waals surface area contributed by atoms with Crippen LogP contribution in [-0.4, -0.2) is 26.3 Å². The Labute approximate surface area is 411 Å². The zero-order chi connectivity index (χ0) is 46.6. The summed E-state index contributed by atoms with van der Waals surface area (Å²) in [6, 6.07) is 99.3. The monoisotopic (exact) mass is 920 g/mol. The molecule has 0 saturated carbocycles. The lowest BCUT2D eigenvalue weighted by molar-refractivity contribution is 1.15. The first-order valence-corrected chi connectivity index (χ1v) is 26.5. The molecule has 0 bridgehead atoms. The molecule has 0 unspecified atom stereocenters. The summed E-state index contributed by atoms with van der Waals surface area (Å²) in [6.07, 6.45) is 0. The highest BCUT2D eigenvalue weighted by Crippen LogP contribution is 2.43. The largest absolute Gasteiger partial charge is 0.309 e. The van der Waals surface area contributed by atoms with E-state index in [1.165, 1.54) is 103 Å². The van der Waals surface area contributed by atoms with Crippen molar-refractivity contribution < 1.29 is 0 Å². The molecule has 332 valence electrons. The molecular weight excluding hydrogens is 877 g/mol. The van der Waals surface area contributed by atoms with Gasteiger partial charge in [0, 0.05) is 55.1 Å². The second-order valence-electron chi connectivity index (χ2n) is 18.9. The van der Waals surface area contributed by atoms with Crippen LogP contribution >= 0.6 is 0 Å². The minimum absolute atomic E-state index is 1.13. The highest BCUT2D eigenvalue weighted by Gasteiger charge is 2.42. The molecule has 4 heterocycles. The van der Waals surface area contributed by atoms with Crippen molar-refractivity contribution in [3.05, 3.63) is 267 Å². The fourth-order valence-electron chi connectivity index (χ4n) is 12.4. The molecule has 0 aliphatic heterocycles. The second kappa shape index (κ2) is 15.4. The zero-order valence-corrected chi connectivity index (χ0v) is 39.7. The van der Waals surface area contributed by atoms with Gasteiger partial charge in [-0.3, -0.25) is 0 Å². The molecule has 0 radical (unpaired) electrons. The van der Waals surface area contributed by atoms with Crippen molar-refractivity contribution in [2.45, 2.75) is 0 Å². The summed E-state index contributed by atoms with van der Waals surface area (Å²) >= 11 is 0. The van der Waals surface area contributed by atoms with E-state index in [1.54, 1.807) is 0 Å². The van der Waals surface area contributed by atoms with E-state index in [-0.39, 0.29) is 0 Å². The molecule has 11 aromatic carbocycles. The van der Waals surface area contributed by atoms with Crippen molar-refractivity contribution >= 4 is 105 Å². The minimum Gasteiger partial charge on any atom is -0.309 e. The second-order valence-corrected chi connectivity index (χ2v) is 22.7. The Balaban J connectivity index is 0.944. The standard InChI is InChI=1S/C66H44N4Si/c1-5-19-45(20-6-1)67-57-29-15-14-28-54(57)56-42-40-52(44-64(56)67)71(49-23-9-3-10-24-49,50-25-11-4-12-26-50)51-38-35-47(36-39-51)68-58-30-16-13-27-53(58)55-41-37-48(43-63(55)68)70-61-33-17-31-59-65(61)66-60(32-18-34-62(66)70)69(59)46-21-7-2-8-22-46/h1-44H. The van der Waals surface area contributed by atoms with Gasteiger partial charge in [0.15, 0.2) is 8.07 Å². The molecule has 0 saturated heterocycles. The van der Waals surface area contributed by atoms with Crippen LogP contribution in [0.4, 0.5) is 0 Å². The van der Waals surface area contributed by atoms with E-state index in [0.29, 0.717) is 0 Å². The highest BCUT2D eigenvalue weighted by molar-refractivity contribution is 7.20. The van der Waals surface area contributed by atoms with E-state index >= 15 is 0 Å². The summed E-state index contributed by atoms with van der Waals surface area (Å²) in [5, 5.41) is 12.9. The predicted octanol–water partition coefficient (Wildman–Crippen LogP) is 13.7. The van der Waals surface area contributed by atoms with Gasteiger partial charge < -0.3 is 18.3 Å². The van der Waals surface area contributed by atoms with Crippen molar-refractivity contribution in [1.29, 1.82) is 0 Å². The number of benzene rings is 11. The van der Waals surface area contributed by atoms with Gasteiger partial charge >= 0.3 is 0 Å². The summed E-state index contributed by atoms with van der Waals surface area (Å²) in [7, 11) is -2.96. The molecule has 71 heavy (non-hydrogen) atoms. The zero-order valence-electron chi connectivity index (χ0n) is 38.7. The number of aromatic nitrogens is 4. The van der Waals surface area contributed by atoms with Crippen LogP contribution in [0.1, 0.15) is 0 Å². The van der Waals surface area contributed by atoms with Crippen LogP contribution in [-0.2, 0) is 0 Å². The molecule has 15 rings (SSSR count). The van der Waals surface area contributed by atoms with Crippen LogP contribution in [0.2, 0.25) is 0 Å². The van der Waals surface area contributed by atoms with E-state index in [4.69, 9.17) is 0 Å². The van der Waals surface area contributed by atoms with Gasteiger partial charge in [-0.05, 0) is 112 Å². The van der Waals surface area contributed by atoms with Crippen LogP contribution < -0.4 is 20.7 Å². The first-order chi connectivity index (χ1) is 35.3. The summed E-state index contributed by atoms with van der Waals surface area (Å²) in [5.41, 5.74) is 14.3. The van der Waals surface area contributed by atoms with Gasteiger partial charge in [-0.2, -0.15) is 0 Å². The smallest absolute Gasteiger partial charge is 0.179 e. The quantitative estimate of drug-likeness (QED) is 0.107. The molecule has 0 fully saturated rings. The average molecular weight is 921 g/mol. The number of hydrogen-bond acceptors (Lipinski definition) is 0. The molecule has 0 aliphatic rings. The maximum atomic E-state index is 2.51. The normalized spacial score (nSPS) is 12.2. The lowest BCUT2D eigenvalue weighted by Gasteiger charge is -2.34. The predicted molar refractivity (Wildman–Crippen MR) is 301 cm³/mol. The third kappa shape index (κ3) is 5.66. The van der Waals surface area contributed by atoms with Gasteiger partial charge in [0.25, 0.3) is 0 Å². The molecule has 0 N–H and O–H groups in total. The maximum Gasteiger partial charge on any atom is 0.179 e. The van der Waals surface area contributed by atoms with Gasteiger partial charge in [0.05, 0.1) is 44.1 Å². The Morgan fingerprint density at radius 1 is 0.197 bits per heavy atom. The summed E-state index contributed by atoms with van der Waals surface area (Å²) in [4.78, 5) is 0. The van der Waals surface area contributed by atoms with Crippen LogP contribution in [0.25, 0.3) is 99.2 Å². The van der Waals surface area contributed by atoms with E-state index in [9.17, 15) is 0 Å². The van der Waals surface area contributed by atoms with Crippen LogP contribution in [0.15, 0.2) is 267 Å². The van der Waals surface area contributed by atoms with Gasteiger partial charge in [-0.1, -0.05) is 176 Å². The van der Waals surface area contributed by atoms with E-state index in [0.717, 1.165) is 17.1 Å². The van der Waals surface area contributed by atoms with Gasteiger partial charge in [-0.25, -0.2) is 0 Å². The SMILES string of the molecule is c1ccc(-n2c3ccccc3c3ccc([Si](c4ccccc4)(c4ccccc4)c4ccc(-n5c6ccccc6c6ccc(-n7c8cccc9c8c8c(cccc87)n9-c7ccccc7)cc65)cc4)cc32)cc1. The Morgan fingerprint density at radius 3 is 1.03 bits per heavy atom. The molecular formula is C66H44N4Si. The average Bonchev–Trinajstić information content (AvgIpc) is 4.18. The summed E-state index contributed by atoms with van der Waals surface area (Å²) in [5.74, 6) is 0. The fourth-order valence-corrected chi connectivity index (χ4v) is 17.1. The minimum atomic E-state index is -2.96. The van der Waals surface area contributed by atoms with E-state index < -0.39 is 8.07 Å². The van der Waals surface area contributed by atoms with E-state index in [1.807, 2.05) is 0 Å². The number of nitrogens with zero attached hydrogens (tertiary/aromatic N) is 4. The van der Waals surface area contributed by atoms with Crippen LogP contribution in [0.5, 0.6) is 0 Å². The molecule has 5 heteroatoms. The topological polar surface area (TPSA) is 19.7 Å². The number of fused-ring (bicyclic) bond motifs is 6. The molecule has 4 nitrogen and oxygen atoms in total. The van der Waals surface area contributed by atoms with Crippen molar-refractivity contribution in [3.63, 3.8) is 0 Å². The third-order valence-electron chi connectivity index (χ3n) is 15.3. The lowest BCUT2D eigenvalue weighted by atomic mass is 10.1.